The van der Waals surface area contributed by atoms with Gasteiger partial charge in [0, 0.05) is 35.5 Å². The van der Waals surface area contributed by atoms with E-state index in [2.05, 4.69) is 97.6 Å². The molecule has 0 atom stereocenters. The Morgan fingerprint density at radius 1 is 0.737 bits per heavy atom. The Balaban J connectivity index is 1.45. The quantitative estimate of drug-likeness (QED) is 0.271. The highest BCUT2D eigenvalue weighted by molar-refractivity contribution is 5.94. The molecule has 0 fully saturated rings. The predicted octanol–water partition coefficient (Wildman–Crippen LogP) is 7.54. The molecule has 0 bridgehead atoms. The highest BCUT2D eigenvalue weighted by Crippen LogP contribution is 2.46. The first kappa shape index (κ1) is 24.0. The Kier molecular flexibility index (Phi) is 6.20. The van der Waals surface area contributed by atoms with Gasteiger partial charge in [0.1, 0.15) is 0 Å². The summed E-state index contributed by atoms with van der Waals surface area (Å²) in [6.07, 6.45) is 2.25. The first-order chi connectivity index (χ1) is 18.6. The standard InChI is InChI=1S/C33H31NO4/c1-21(2)34-19-27(14-26-17-30-31(18-29(26)34)38-20-37-30)25-15-28(33(36-4)32(16-25)35-3)24-12-10-23(11-13-24)22-8-6-5-7-9-22/h5-18,21H,19-20H2,1-4H3. The van der Waals surface area contributed by atoms with E-state index in [1.165, 1.54) is 16.7 Å². The largest absolute Gasteiger partial charge is 0.493 e. The van der Waals surface area contributed by atoms with E-state index in [-0.39, 0.29) is 6.79 Å². The molecule has 2 heterocycles. The van der Waals surface area contributed by atoms with E-state index in [4.69, 9.17) is 18.9 Å². The number of methoxy groups -OCH3 is 2. The molecular formula is C33H31NO4. The summed E-state index contributed by atoms with van der Waals surface area (Å²) in [5.74, 6) is 3.03. The highest BCUT2D eigenvalue weighted by Gasteiger charge is 2.27. The van der Waals surface area contributed by atoms with Gasteiger partial charge >= 0.3 is 0 Å². The van der Waals surface area contributed by atoms with Crippen LogP contribution < -0.4 is 23.8 Å². The maximum atomic E-state index is 5.86. The predicted molar refractivity (Wildman–Crippen MR) is 153 cm³/mol. The molecule has 2 aliphatic heterocycles. The van der Waals surface area contributed by atoms with Crippen LogP contribution in [0.2, 0.25) is 0 Å². The van der Waals surface area contributed by atoms with Gasteiger partial charge in [-0.05, 0) is 65.9 Å². The van der Waals surface area contributed by atoms with Crippen LogP contribution in [0.4, 0.5) is 5.69 Å². The number of anilines is 1. The smallest absolute Gasteiger partial charge is 0.231 e. The van der Waals surface area contributed by atoms with Crippen LogP contribution >= 0.6 is 0 Å². The summed E-state index contributed by atoms with van der Waals surface area (Å²) in [5.41, 5.74) is 9.01. The lowest BCUT2D eigenvalue weighted by Gasteiger charge is -2.35. The molecule has 4 aromatic carbocycles. The van der Waals surface area contributed by atoms with E-state index < -0.39 is 0 Å². The van der Waals surface area contributed by atoms with Crippen molar-refractivity contribution < 1.29 is 18.9 Å². The van der Waals surface area contributed by atoms with Gasteiger partial charge in [-0.2, -0.15) is 0 Å². The van der Waals surface area contributed by atoms with Gasteiger partial charge in [-0.1, -0.05) is 54.6 Å². The van der Waals surface area contributed by atoms with Crippen LogP contribution in [0.1, 0.15) is 25.0 Å². The minimum absolute atomic E-state index is 0.262. The van der Waals surface area contributed by atoms with Crippen molar-refractivity contribution in [3.63, 3.8) is 0 Å². The molecule has 4 aromatic rings. The molecular weight excluding hydrogens is 474 g/mol. The number of rotatable bonds is 6. The van der Waals surface area contributed by atoms with E-state index in [0.717, 1.165) is 51.7 Å². The van der Waals surface area contributed by atoms with E-state index in [1.807, 2.05) is 6.07 Å². The van der Waals surface area contributed by atoms with Crippen molar-refractivity contribution in [1.82, 2.24) is 0 Å². The lowest BCUT2D eigenvalue weighted by Crippen LogP contribution is -2.34. The molecule has 5 heteroatoms. The highest BCUT2D eigenvalue weighted by atomic mass is 16.7. The van der Waals surface area contributed by atoms with Gasteiger partial charge < -0.3 is 23.8 Å². The fourth-order valence-corrected chi connectivity index (χ4v) is 5.29. The van der Waals surface area contributed by atoms with Crippen molar-refractivity contribution in [3.8, 4) is 45.3 Å². The number of nitrogens with zero attached hydrogens (tertiary/aromatic N) is 1. The summed E-state index contributed by atoms with van der Waals surface area (Å²) in [5, 5.41) is 0. The minimum Gasteiger partial charge on any atom is -0.493 e. The third-order valence-corrected chi connectivity index (χ3v) is 7.28. The minimum atomic E-state index is 0.262. The zero-order valence-electron chi connectivity index (χ0n) is 22.2. The number of benzene rings is 4. The molecule has 0 aromatic heterocycles. The monoisotopic (exact) mass is 505 g/mol. The van der Waals surface area contributed by atoms with Crippen molar-refractivity contribution in [2.45, 2.75) is 19.9 Å². The van der Waals surface area contributed by atoms with E-state index in [9.17, 15) is 0 Å². The molecule has 0 radical (unpaired) electrons. The molecule has 38 heavy (non-hydrogen) atoms. The number of hydrogen-bond donors (Lipinski definition) is 0. The Morgan fingerprint density at radius 3 is 2.11 bits per heavy atom. The Labute approximate surface area is 223 Å². The maximum absolute atomic E-state index is 5.86. The van der Waals surface area contributed by atoms with Crippen LogP contribution in [0.3, 0.4) is 0 Å². The first-order valence-corrected chi connectivity index (χ1v) is 12.9. The zero-order chi connectivity index (χ0) is 26.2. The molecule has 0 amide bonds. The summed E-state index contributed by atoms with van der Waals surface area (Å²) in [7, 11) is 3.38. The molecule has 6 rings (SSSR count). The number of hydrogen-bond acceptors (Lipinski definition) is 5. The van der Waals surface area contributed by atoms with Gasteiger partial charge in [0.2, 0.25) is 6.79 Å². The molecule has 0 unspecified atom stereocenters. The maximum Gasteiger partial charge on any atom is 0.231 e. The first-order valence-electron chi connectivity index (χ1n) is 12.9. The van der Waals surface area contributed by atoms with Crippen LogP contribution in [0.25, 0.3) is 33.9 Å². The SMILES string of the molecule is COc1cc(C2=Cc3cc4c(cc3N(C(C)C)C2)OCO4)cc(-c2ccc(-c3ccccc3)cc2)c1OC. The van der Waals surface area contributed by atoms with Gasteiger partial charge in [-0.15, -0.1) is 0 Å². The van der Waals surface area contributed by atoms with Crippen molar-refractivity contribution >= 4 is 17.3 Å². The van der Waals surface area contributed by atoms with Crippen LogP contribution in [0, 0.1) is 0 Å². The number of ether oxygens (including phenoxy) is 4. The van der Waals surface area contributed by atoms with Crippen molar-refractivity contribution in [1.29, 1.82) is 0 Å². The van der Waals surface area contributed by atoms with Gasteiger partial charge in [0.15, 0.2) is 23.0 Å². The lowest BCUT2D eigenvalue weighted by atomic mass is 9.92. The molecule has 192 valence electrons. The summed E-state index contributed by atoms with van der Waals surface area (Å²) >= 11 is 0. The molecule has 0 spiro atoms. The normalized spacial score (nSPS) is 13.8. The molecule has 5 nitrogen and oxygen atoms in total. The van der Waals surface area contributed by atoms with E-state index >= 15 is 0 Å². The molecule has 0 N–H and O–H groups in total. The van der Waals surface area contributed by atoms with Crippen molar-refractivity contribution in [2.24, 2.45) is 0 Å². The fourth-order valence-electron chi connectivity index (χ4n) is 5.29. The van der Waals surface area contributed by atoms with Gasteiger partial charge in [-0.3, -0.25) is 0 Å². The Morgan fingerprint density at radius 2 is 1.42 bits per heavy atom. The van der Waals surface area contributed by atoms with Crippen LogP contribution in [-0.4, -0.2) is 33.6 Å². The molecule has 0 aliphatic carbocycles. The average molecular weight is 506 g/mol. The Hall–Kier alpha value is -4.38. The van der Waals surface area contributed by atoms with Gasteiger partial charge in [-0.25, -0.2) is 0 Å². The third kappa shape index (κ3) is 4.24. The van der Waals surface area contributed by atoms with Crippen LogP contribution in [0.15, 0.2) is 78.9 Å². The summed E-state index contributed by atoms with van der Waals surface area (Å²) in [4.78, 5) is 2.40. The lowest BCUT2D eigenvalue weighted by molar-refractivity contribution is 0.174. The van der Waals surface area contributed by atoms with Crippen molar-refractivity contribution in [2.75, 3.05) is 32.5 Å². The van der Waals surface area contributed by atoms with Gasteiger partial charge in [0.25, 0.3) is 0 Å². The summed E-state index contributed by atoms with van der Waals surface area (Å²) in [6.45, 7) is 5.46. The van der Waals surface area contributed by atoms with E-state index in [1.54, 1.807) is 14.2 Å². The number of fused-ring (bicyclic) bond motifs is 2. The summed E-state index contributed by atoms with van der Waals surface area (Å²) < 4.78 is 23.0. The average Bonchev–Trinajstić information content (AvgIpc) is 3.42. The third-order valence-electron chi connectivity index (χ3n) is 7.28. The topological polar surface area (TPSA) is 40.2 Å². The van der Waals surface area contributed by atoms with Crippen LogP contribution in [-0.2, 0) is 0 Å². The second-order valence-corrected chi connectivity index (χ2v) is 9.86. The fraction of sp³-hybridized carbons (Fsp3) is 0.212. The Bertz CT molecular complexity index is 1510. The zero-order valence-corrected chi connectivity index (χ0v) is 22.2. The van der Waals surface area contributed by atoms with Crippen LogP contribution in [0.5, 0.6) is 23.0 Å². The second-order valence-electron chi connectivity index (χ2n) is 9.86. The molecule has 2 aliphatic rings. The summed E-state index contributed by atoms with van der Waals surface area (Å²) in [6, 6.07) is 27.8. The second kappa shape index (κ2) is 9.82. The van der Waals surface area contributed by atoms with Crippen molar-refractivity contribution in [3.05, 3.63) is 90.0 Å². The molecule has 0 saturated carbocycles. The van der Waals surface area contributed by atoms with Gasteiger partial charge in [0.05, 0.1) is 14.2 Å². The van der Waals surface area contributed by atoms with E-state index in [0.29, 0.717) is 11.8 Å². The molecule has 0 saturated heterocycles.